The molecule has 230 valence electrons. The number of amides is 2. The van der Waals surface area contributed by atoms with Crippen LogP contribution in [0.15, 0.2) is 30.3 Å². The molecule has 4 rings (SSSR count). The molecule has 1 aromatic carbocycles. The van der Waals surface area contributed by atoms with Crippen molar-refractivity contribution >= 4 is 23.6 Å². The van der Waals surface area contributed by atoms with Crippen LogP contribution in [0.25, 0.3) is 0 Å². The van der Waals surface area contributed by atoms with Crippen LogP contribution in [0.4, 0.5) is 0 Å². The maximum absolute atomic E-state index is 13.6. The number of piperidine rings is 1. The number of nitrogens with zero attached hydrogens (tertiary/aromatic N) is 2. The first kappa shape index (κ1) is 32.3. The van der Waals surface area contributed by atoms with Crippen LogP contribution >= 0.6 is 11.8 Å². The predicted molar refractivity (Wildman–Crippen MR) is 166 cm³/mol. The summed E-state index contributed by atoms with van der Waals surface area (Å²) < 4.78 is 5.92. The summed E-state index contributed by atoms with van der Waals surface area (Å²) in [5.41, 5.74) is 0.968. The fourth-order valence-corrected chi connectivity index (χ4v) is 7.38. The van der Waals surface area contributed by atoms with Crippen molar-refractivity contribution in [2.45, 2.75) is 109 Å². The summed E-state index contributed by atoms with van der Waals surface area (Å²) >= 11 is 1.79. The first-order valence-corrected chi connectivity index (χ1v) is 16.8. The van der Waals surface area contributed by atoms with E-state index in [4.69, 9.17) is 4.74 Å². The second-order valence-electron chi connectivity index (χ2n) is 13.2. The number of thioether (sulfide) groups is 1. The third kappa shape index (κ3) is 10.8. The Hall–Kier alpha value is -1.65. The molecule has 0 radical (unpaired) electrons. The lowest BCUT2D eigenvalue weighted by molar-refractivity contribution is -0.134. The van der Waals surface area contributed by atoms with Gasteiger partial charge in [-0.05, 0) is 70.1 Å². The molecule has 9 heteroatoms. The van der Waals surface area contributed by atoms with Gasteiger partial charge in [-0.15, -0.1) is 0 Å². The second kappa shape index (κ2) is 15.7. The first-order valence-electron chi connectivity index (χ1n) is 15.7. The largest absolute Gasteiger partial charge is 0.392 e. The number of hydrogen-bond donors (Lipinski definition) is 3. The number of carbonyl (C=O) groups is 2. The number of rotatable bonds is 12. The highest BCUT2D eigenvalue weighted by Gasteiger charge is 2.38. The van der Waals surface area contributed by atoms with Crippen molar-refractivity contribution in [3.63, 3.8) is 0 Å². The van der Waals surface area contributed by atoms with Crippen molar-refractivity contribution in [1.29, 1.82) is 0 Å². The minimum absolute atomic E-state index is 0.0907. The van der Waals surface area contributed by atoms with E-state index in [9.17, 15) is 14.7 Å². The van der Waals surface area contributed by atoms with Gasteiger partial charge in [0.05, 0.1) is 17.7 Å². The minimum Gasteiger partial charge on any atom is -0.392 e. The van der Waals surface area contributed by atoms with E-state index in [2.05, 4.69) is 39.8 Å². The van der Waals surface area contributed by atoms with E-state index in [1.807, 2.05) is 31.7 Å². The molecule has 41 heavy (non-hydrogen) atoms. The van der Waals surface area contributed by atoms with Gasteiger partial charge in [-0.2, -0.15) is 11.8 Å². The van der Waals surface area contributed by atoms with Crippen molar-refractivity contribution in [3.05, 3.63) is 35.9 Å². The summed E-state index contributed by atoms with van der Waals surface area (Å²) in [4.78, 5) is 31.4. The summed E-state index contributed by atoms with van der Waals surface area (Å²) in [6.07, 6.45) is 8.03. The molecule has 2 amide bonds. The van der Waals surface area contributed by atoms with Crippen LogP contribution < -0.4 is 10.6 Å². The van der Waals surface area contributed by atoms with Gasteiger partial charge in [0.1, 0.15) is 12.8 Å². The summed E-state index contributed by atoms with van der Waals surface area (Å²) in [5, 5.41) is 16.7. The lowest BCUT2D eigenvalue weighted by atomic mass is 9.91. The molecule has 2 aliphatic heterocycles. The standard InChI is InChI=1S/C32H52N4O4S/c1-32(2,3)40-23-36-20-27(37)18-29(36)31(39)34-28(22-41-21-25-12-8-5-9-13-25)30(38)33-26-14-16-35(17-15-26)19-24-10-6-4-7-11-24/h4,6-7,10-11,25-29,37H,5,8-9,12-23H2,1-3H3,(H,33,38)(H,34,39)/t27-,28+,29+/m1/s1. The van der Waals surface area contributed by atoms with Gasteiger partial charge in [-0.25, -0.2) is 0 Å². The maximum Gasteiger partial charge on any atom is 0.243 e. The number of carbonyl (C=O) groups excluding carboxylic acids is 2. The summed E-state index contributed by atoms with van der Waals surface area (Å²) in [7, 11) is 0. The zero-order chi connectivity index (χ0) is 29.2. The summed E-state index contributed by atoms with van der Waals surface area (Å²) in [6, 6.07) is 9.52. The second-order valence-corrected chi connectivity index (χ2v) is 14.3. The highest BCUT2D eigenvalue weighted by molar-refractivity contribution is 7.99. The van der Waals surface area contributed by atoms with Gasteiger partial charge in [-0.1, -0.05) is 49.6 Å². The van der Waals surface area contributed by atoms with E-state index in [1.165, 1.54) is 37.7 Å². The molecule has 1 aliphatic carbocycles. The average Bonchev–Trinajstić information content (AvgIpc) is 3.34. The molecule has 2 heterocycles. The lowest BCUT2D eigenvalue weighted by Gasteiger charge is -2.33. The number of aliphatic hydroxyl groups is 1. The van der Waals surface area contributed by atoms with Crippen molar-refractivity contribution < 1.29 is 19.4 Å². The lowest BCUT2D eigenvalue weighted by Crippen LogP contribution is -2.56. The molecule has 3 N–H and O–H groups in total. The molecule has 8 nitrogen and oxygen atoms in total. The fourth-order valence-electron chi connectivity index (χ4n) is 6.11. The molecule has 3 fully saturated rings. The molecule has 1 saturated carbocycles. The number of likely N-dealkylation sites (tertiary alicyclic amines) is 2. The monoisotopic (exact) mass is 588 g/mol. The third-order valence-corrected chi connectivity index (χ3v) is 9.80. The fraction of sp³-hybridized carbons (Fsp3) is 0.750. The molecule has 3 aliphatic rings. The molecule has 1 aromatic rings. The summed E-state index contributed by atoms with van der Waals surface area (Å²) in [6.45, 7) is 9.41. The maximum atomic E-state index is 13.6. The Bertz CT molecular complexity index is 945. The smallest absolute Gasteiger partial charge is 0.243 e. The number of benzene rings is 1. The van der Waals surface area contributed by atoms with Gasteiger partial charge < -0.3 is 20.5 Å². The molecule has 0 spiro atoms. The molecular weight excluding hydrogens is 536 g/mol. The zero-order valence-corrected chi connectivity index (χ0v) is 26.2. The number of β-amino-alcohol motifs (C(OH)–C–C–N with tert-alkyl or cyclic N) is 1. The summed E-state index contributed by atoms with van der Waals surface area (Å²) in [5.74, 6) is 2.01. The predicted octanol–water partition coefficient (Wildman–Crippen LogP) is 3.77. The van der Waals surface area contributed by atoms with Crippen LogP contribution in [0.5, 0.6) is 0 Å². The van der Waals surface area contributed by atoms with Gasteiger partial charge in [0.2, 0.25) is 11.8 Å². The molecule has 0 aromatic heterocycles. The minimum atomic E-state index is -0.596. The van der Waals surface area contributed by atoms with Gasteiger partial charge in [-0.3, -0.25) is 19.4 Å². The van der Waals surface area contributed by atoms with Crippen molar-refractivity contribution in [2.75, 3.05) is 37.9 Å². The Labute approximate surface area is 251 Å². The van der Waals surface area contributed by atoms with Gasteiger partial charge >= 0.3 is 0 Å². The van der Waals surface area contributed by atoms with Gasteiger partial charge in [0.15, 0.2) is 0 Å². The average molecular weight is 589 g/mol. The van der Waals surface area contributed by atoms with Crippen LogP contribution in [0.3, 0.4) is 0 Å². The molecular formula is C32H52N4O4S. The Morgan fingerprint density at radius 1 is 1.07 bits per heavy atom. The molecule has 0 unspecified atom stereocenters. The van der Waals surface area contributed by atoms with Crippen molar-refractivity contribution in [2.24, 2.45) is 5.92 Å². The Balaban J connectivity index is 1.32. The normalized spacial score (nSPS) is 24.3. The topological polar surface area (TPSA) is 94.1 Å². The third-order valence-electron chi connectivity index (χ3n) is 8.53. The van der Waals surface area contributed by atoms with Crippen molar-refractivity contribution in [3.8, 4) is 0 Å². The van der Waals surface area contributed by atoms with Crippen LogP contribution in [0.2, 0.25) is 0 Å². The van der Waals surface area contributed by atoms with E-state index in [1.54, 1.807) is 11.8 Å². The highest BCUT2D eigenvalue weighted by atomic mass is 32.2. The number of ether oxygens (including phenoxy) is 1. The van der Waals surface area contributed by atoms with Crippen molar-refractivity contribution in [1.82, 2.24) is 20.4 Å². The Morgan fingerprint density at radius 3 is 2.46 bits per heavy atom. The Morgan fingerprint density at radius 2 is 1.78 bits per heavy atom. The Kier molecular flexibility index (Phi) is 12.4. The van der Waals surface area contributed by atoms with E-state index in [0.29, 0.717) is 24.6 Å². The first-order chi connectivity index (χ1) is 19.7. The number of hydrogen-bond acceptors (Lipinski definition) is 7. The number of aliphatic hydroxyl groups excluding tert-OH is 1. The van der Waals surface area contributed by atoms with Crippen LogP contribution in [-0.4, -0.2) is 94.4 Å². The van der Waals surface area contributed by atoms with E-state index >= 15 is 0 Å². The van der Waals surface area contributed by atoms with Gasteiger partial charge in [0.25, 0.3) is 0 Å². The van der Waals surface area contributed by atoms with Crippen LogP contribution in [-0.2, 0) is 20.9 Å². The van der Waals surface area contributed by atoms with Gasteiger partial charge in [0, 0.05) is 38.0 Å². The van der Waals surface area contributed by atoms with Crippen LogP contribution in [0, 0.1) is 5.92 Å². The van der Waals surface area contributed by atoms with Crippen LogP contribution in [0.1, 0.15) is 77.7 Å². The SMILES string of the molecule is CC(C)(C)OCN1C[C@H](O)C[C@H]1C(=O)N[C@@H](CSCC1CCCCC1)C(=O)NC1CCN(Cc2ccccc2)CC1. The molecule has 2 saturated heterocycles. The molecule has 0 bridgehead atoms. The highest BCUT2D eigenvalue weighted by Crippen LogP contribution is 2.27. The molecule has 3 atom stereocenters. The van der Waals surface area contributed by atoms with E-state index < -0.39 is 18.2 Å². The van der Waals surface area contributed by atoms with E-state index in [-0.39, 0.29) is 30.2 Å². The zero-order valence-electron chi connectivity index (χ0n) is 25.4. The van der Waals surface area contributed by atoms with E-state index in [0.717, 1.165) is 38.2 Å². The number of nitrogens with one attached hydrogen (secondary N) is 2. The quantitative estimate of drug-likeness (QED) is 0.342.